The van der Waals surface area contributed by atoms with E-state index in [2.05, 4.69) is 23.9 Å². The molecule has 2 heterocycles. The average molecular weight is 314 g/mol. The molecule has 0 saturated heterocycles. The molecule has 0 spiro atoms. The first-order chi connectivity index (χ1) is 12.0. The number of aryl methyl sites for hydroxylation is 3. The van der Waals surface area contributed by atoms with Crippen LogP contribution in [0.2, 0.25) is 0 Å². The van der Waals surface area contributed by atoms with Gasteiger partial charge in [0.2, 0.25) is 5.69 Å². The van der Waals surface area contributed by atoms with Crippen LogP contribution in [0.5, 0.6) is 0 Å². The molecule has 0 saturated carbocycles. The smallest absolute Gasteiger partial charge is 0.216 e. The number of rotatable bonds is 1. The van der Waals surface area contributed by atoms with Crippen molar-refractivity contribution in [2.75, 3.05) is 0 Å². The third kappa shape index (κ3) is 2.08. The van der Waals surface area contributed by atoms with Gasteiger partial charge in [-0.2, -0.15) is 0 Å². The molecule has 0 radical (unpaired) electrons. The Morgan fingerprint density at radius 2 is 1.92 bits per heavy atom. The van der Waals surface area contributed by atoms with Crippen molar-refractivity contribution in [1.29, 1.82) is 0 Å². The number of pyridine rings is 1. The van der Waals surface area contributed by atoms with Gasteiger partial charge >= 0.3 is 0 Å². The highest BCUT2D eigenvalue weighted by Gasteiger charge is 2.20. The second kappa shape index (κ2) is 5.21. The van der Waals surface area contributed by atoms with Crippen molar-refractivity contribution in [3.05, 3.63) is 71.2 Å². The van der Waals surface area contributed by atoms with E-state index in [1.54, 1.807) is 6.07 Å². The van der Waals surface area contributed by atoms with Gasteiger partial charge in [-0.1, -0.05) is 24.3 Å². The van der Waals surface area contributed by atoms with E-state index < -0.39 is 0 Å². The van der Waals surface area contributed by atoms with Crippen LogP contribution in [-0.4, -0.2) is 0 Å². The number of furan rings is 1. The van der Waals surface area contributed by atoms with E-state index in [0.29, 0.717) is 11.7 Å². The zero-order valence-electron chi connectivity index (χ0n) is 14.8. The largest absolute Gasteiger partial charge is 0.456 e. The first-order valence-electron chi connectivity index (χ1n) is 8.30. The minimum atomic E-state index is 0.516. The van der Waals surface area contributed by atoms with Gasteiger partial charge in [-0.3, -0.25) is 0 Å². The van der Waals surface area contributed by atoms with E-state index >= 15 is 0 Å². The van der Waals surface area contributed by atoms with Crippen LogP contribution in [0, 0.1) is 20.4 Å². The van der Waals surface area contributed by atoms with E-state index in [4.69, 9.17) is 12.4 Å². The summed E-state index contributed by atoms with van der Waals surface area (Å²) in [7, 11) is 1.95. The van der Waals surface area contributed by atoms with Crippen molar-refractivity contribution in [2.45, 2.75) is 13.8 Å². The lowest BCUT2D eigenvalue weighted by Gasteiger charge is -2.06. The molecule has 0 bridgehead atoms. The van der Waals surface area contributed by atoms with Crippen molar-refractivity contribution in [2.24, 2.45) is 7.05 Å². The Hall–Kier alpha value is -3.12. The second-order valence-electron chi connectivity index (χ2n) is 6.13. The number of hydrogen-bond donors (Lipinski definition) is 0. The molecule has 0 atom stereocenters. The van der Waals surface area contributed by atoms with Gasteiger partial charge in [0.1, 0.15) is 18.2 Å². The third-order valence-electron chi connectivity index (χ3n) is 4.44. The molecule has 2 aromatic carbocycles. The Morgan fingerprint density at radius 3 is 2.71 bits per heavy atom. The summed E-state index contributed by atoms with van der Waals surface area (Å²) in [5, 5.41) is 2.06. The SMILES string of the molecule is [2H]c1c[n+](C)c(-c2c(C)ccc3c2oc2cc([N+]#[C-])ccc23)cc1C. The summed E-state index contributed by atoms with van der Waals surface area (Å²) < 4.78 is 16.1. The van der Waals surface area contributed by atoms with Crippen molar-refractivity contribution < 1.29 is 10.4 Å². The molecule has 116 valence electrons. The van der Waals surface area contributed by atoms with Crippen LogP contribution in [0.4, 0.5) is 5.69 Å². The van der Waals surface area contributed by atoms with E-state index in [1.165, 1.54) is 0 Å². The maximum absolute atomic E-state index is 8.00. The van der Waals surface area contributed by atoms with Crippen LogP contribution in [0.25, 0.3) is 38.0 Å². The Morgan fingerprint density at radius 1 is 1.12 bits per heavy atom. The van der Waals surface area contributed by atoms with E-state index in [-0.39, 0.29) is 0 Å². The Balaban J connectivity index is 2.12. The molecule has 3 nitrogen and oxygen atoms in total. The van der Waals surface area contributed by atoms with Crippen molar-refractivity contribution in [3.8, 4) is 11.3 Å². The quantitative estimate of drug-likeness (QED) is 0.347. The summed E-state index contributed by atoms with van der Waals surface area (Å²) >= 11 is 0. The maximum atomic E-state index is 8.00. The zero-order valence-corrected chi connectivity index (χ0v) is 13.8. The van der Waals surface area contributed by atoms with Crippen molar-refractivity contribution in [1.82, 2.24) is 0 Å². The van der Waals surface area contributed by atoms with Crippen LogP contribution < -0.4 is 4.57 Å². The van der Waals surface area contributed by atoms with Gasteiger partial charge in [0.15, 0.2) is 11.9 Å². The Kier molecular flexibility index (Phi) is 2.89. The molecule has 4 rings (SSSR count). The zero-order chi connectivity index (χ0) is 17.7. The topological polar surface area (TPSA) is 21.4 Å². The molecule has 3 heteroatoms. The molecule has 0 amide bonds. The third-order valence-corrected chi connectivity index (χ3v) is 4.44. The fourth-order valence-corrected chi connectivity index (χ4v) is 3.18. The fraction of sp³-hybridized carbons (Fsp3) is 0.143. The summed E-state index contributed by atoms with van der Waals surface area (Å²) in [5.74, 6) is 0. The number of hydrogen-bond acceptors (Lipinski definition) is 1. The first-order valence-corrected chi connectivity index (χ1v) is 7.80. The molecule has 0 aliphatic rings. The lowest BCUT2D eigenvalue weighted by Crippen LogP contribution is -2.30. The molecule has 2 aromatic heterocycles. The monoisotopic (exact) mass is 314 g/mol. The van der Waals surface area contributed by atoms with Gasteiger partial charge in [0.05, 0.1) is 13.5 Å². The van der Waals surface area contributed by atoms with Crippen molar-refractivity contribution >= 4 is 27.6 Å². The van der Waals surface area contributed by atoms with Crippen molar-refractivity contribution in [3.63, 3.8) is 0 Å². The van der Waals surface area contributed by atoms with Gasteiger partial charge in [0, 0.05) is 22.9 Å². The molecule has 0 aliphatic carbocycles. The van der Waals surface area contributed by atoms with Gasteiger partial charge in [-0.15, -0.1) is 0 Å². The lowest BCUT2D eigenvalue weighted by atomic mass is 10.00. The van der Waals surface area contributed by atoms with Gasteiger partial charge in [-0.05, 0) is 31.0 Å². The minimum absolute atomic E-state index is 0.516. The van der Waals surface area contributed by atoms with Crippen LogP contribution in [-0.2, 0) is 7.05 Å². The minimum Gasteiger partial charge on any atom is -0.456 e. The van der Waals surface area contributed by atoms with Gasteiger partial charge in [0.25, 0.3) is 0 Å². The summed E-state index contributed by atoms with van der Waals surface area (Å²) in [6.07, 6.45) is 1.82. The van der Waals surface area contributed by atoms with E-state index in [1.807, 2.05) is 42.9 Å². The van der Waals surface area contributed by atoms with E-state index in [9.17, 15) is 0 Å². The predicted octanol–water partition coefficient (Wildman–Crippen LogP) is 5.25. The average Bonchev–Trinajstić information content (AvgIpc) is 2.96. The number of fused-ring (bicyclic) bond motifs is 3. The molecule has 4 aromatic rings. The molecule has 0 fully saturated rings. The Labute approximate surface area is 142 Å². The molecule has 0 N–H and O–H groups in total. The molecular formula is C21H17N2O+. The number of benzene rings is 2. The first kappa shape index (κ1) is 13.3. The van der Waals surface area contributed by atoms with E-state index in [0.717, 1.165) is 44.3 Å². The summed E-state index contributed by atoms with van der Waals surface area (Å²) in [6.45, 7) is 11.2. The highest BCUT2D eigenvalue weighted by Crippen LogP contribution is 2.38. The standard InChI is InChI=1S/C21H17N2O/c1-13-9-10-23(4)18(11-13)20-14(2)5-7-17-16-8-6-15(22-3)12-19(16)24-21(17)20/h5-12H,1-2,4H3/q+1/i9D. The van der Waals surface area contributed by atoms with Crippen LogP contribution in [0.3, 0.4) is 0 Å². The van der Waals surface area contributed by atoms with Gasteiger partial charge < -0.3 is 4.42 Å². The molecule has 0 aliphatic heterocycles. The van der Waals surface area contributed by atoms with Crippen LogP contribution in [0.15, 0.2) is 53.1 Å². The predicted molar refractivity (Wildman–Crippen MR) is 96.1 cm³/mol. The highest BCUT2D eigenvalue weighted by molar-refractivity contribution is 6.10. The lowest BCUT2D eigenvalue weighted by molar-refractivity contribution is -0.660. The molecular weight excluding hydrogens is 296 g/mol. The number of aromatic nitrogens is 1. The summed E-state index contributed by atoms with van der Waals surface area (Å²) in [5.41, 5.74) is 6.21. The summed E-state index contributed by atoms with van der Waals surface area (Å²) in [4.78, 5) is 3.49. The van der Waals surface area contributed by atoms with Crippen LogP contribution in [0.1, 0.15) is 12.5 Å². The van der Waals surface area contributed by atoms with Gasteiger partial charge in [-0.25, -0.2) is 9.41 Å². The number of nitrogens with zero attached hydrogens (tertiary/aromatic N) is 2. The fourth-order valence-electron chi connectivity index (χ4n) is 3.18. The maximum Gasteiger partial charge on any atom is 0.216 e. The van der Waals surface area contributed by atoms with Crippen LogP contribution >= 0.6 is 0 Å². The summed E-state index contributed by atoms with van der Waals surface area (Å²) in [6, 6.07) is 12.3. The Bertz CT molecular complexity index is 1200. The second-order valence-corrected chi connectivity index (χ2v) is 6.13. The normalized spacial score (nSPS) is 11.7. The molecule has 24 heavy (non-hydrogen) atoms. The highest BCUT2D eigenvalue weighted by atomic mass is 16.3. The molecule has 0 unspecified atom stereocenters.